The van der Waals surface area contributed by atoms with Gasteiger partial charge in [-0.3, -0.25) is 0 Å². The summed E-state index contributed by atoms with van der Waals surface area (Å²) in [6.07, 6.45) is 2.95. The minimum absolute atomic E-state index is 0.0249. The Morgan fingerprint density at radius 1 is 1.58 bits per heavy atom. The molecule has 0 radical (unpaired) electrons. The average Bonchev–Trinajstić information content (AvgIpc) is 2.96. The van der Waals surface area contributed by atoms with Crippen LogP contribution in [0.1, 0.15) is 56.2 Å². The van der Waals surface area contributed by atoms with E-state index in [1.54, 1.807) is 0 Å². The van der Waals surface area contributed by atoms with Crippen LogP contribution in [0.25, 0.3) is 0 Å². The van der Waals surface area contributed by atoms with E-state index in [9.17, 15) is 4.79 Å². The Kier molecular flexibility index (Phi) is 4.12. The van der Waals surface area contributed by atoms with Crippen molar-refractivity contribution in [2.75, 3.05) is 6.54 Å². The summed E-state index contributed by atoms with van der Waals surface area (Å²) in [5.74, 6) is 0.825. The molecule has 2 heterocycles. The molecule has 5 nitrogen and oxygen atoms in total. The van der Waals surface area contributed by atoms with Gasteiger partial charge in [-0.15, -0.1) is 0 Å². The van der Waals surface area contributed by atoms with Crippen LogP contribution < -0.4 is 5.32 Å². The molecule has 0 aliphatic carbocycles. The van der Waals surface area contributed by atoms with Crippen LogP contribution in [0.15, 0.2) is 4.52 Å². The van der Waals surface area contributed by atoms with Crippen LogP contribution in [0.5, 0.6) is 0 Å². The number of hydrogen-bond acceptors (Lipinski definition) is 3. The molecule has 1 aromatic heterocycles. The molecule has 0 aromatic carbocycles. The van der Waals surface area contributed by atoms with E-state index < -0.39 is 0 Å². The lowest BCUT2D eigenvalue weighted by molar-refractivity contribution is 0.189. The Labute approximate surface area is 114 Å². The molecule has 0 spiro atoms. The summed E-state index contributed by atoms with van der Waals surface area (Å²) in [6, 6.07) is 0.338. The topological polar surface area (TPSA) is 58.4 Å². The van der Waals surface area contributed by atoms with E-state index >= 15 is 0 Å². The molecule has 1 aliphatic heterocycles. The predicted octanol–water partition coefficient (Wildman–Crippen LogP) is 2.94. The van der Waals surface area contributed by atoms with E-state index in [-0.39, 0.29) is 18.1 Å². The number of rotatable bonds is 3. The number of amides is 2. The van der Waals surface area contributed by atoms with E-state index in [1.807, 2.05) is 25.7 Å². The lowest BCUT2D eigenvalue weighted by Gasteiger charge is -2.26. The molecule has 0 bridgehead atoms. The molecule has 1 aliphatic rings. The van der Waals surface area contributed by atoms with E-state index in [4.69, 9.17) is 4.52 Å². The third-order valence-corrected chi connectivity index (χ3v) is 3.92. The maximum atomic E-state index is 12.3. The Morgan fingerprint density at radius 3 is 2.89 bits per heavy atom. The third-order valence-electron chi connectivity index (χ3n) is 3.92. The largest absolute Gasteiger partial charge is 0.361 e. The molecule has 1 N–H and O–H groups in total. The van der Waals surface area contributed by atoms with Gasteiger partial charge in [0.25, 0.3) is 0 Å². The summed E-state index contributed by atoms with van der Waals surface area (Å²) in [6.45, 7) is 8.75. The highest BCUT2D eigenvalue weighted by molar-refractivity contribution is 5.75. The number of likely N-dealkylation sites (tertiary alicyclic amines) is 1. The van der Waals surface area contributed by atoms with Crippen LogP contribution in [0.4, 0.5) is 4.79 Å². The fourth-order valence-corrected chi connectivity index (χ4v) is 2.67. The van der Waals surface area contributed by atoms with Gasteiger partial charge in [0, 0.05) is 18.2 Å². The Morgan fingerprint density at radius 2 is 2.32 bits per heavy atom. The first-order chi connectivity index (χ1) is 9.04. The van der Waals surface area contributed by atoms with Gasteiger partial charge in [0.2, 0.25) is 0 Å². The number of aryl methyl sites for hydroxylation is 2. The number of hydrogen-bond donors (Lipinski definition) is 1. The summed E-state index contributed by atoms with van der Waals surface area (Å²) in [7, 11) is 0. The highest BCUT2D eigenvalue weighted by atomic mass is 16.5. The van der Waals surface area contributed by atoms with Gasteiger partial charge >= 0.3 is 6.03 Å². The van der Waals surface area contributed by atoms with Crippen LogP contribution >= 0.6 is 0 Å². The maximum Gasteiger partial charge on any atom is 0.318 e. The number of carbonyl (C=O) groups is 1. The number of nitrogens with zero attached hydrogens (tertiary/aromatic N) is 2. The van der Waals surface area contributed by atoms with Gasteiger partial charge in [-0.1, -0.05) is 12.1 Å². The maximum absolute atomic E-state index is 12.3. The first-order valence-corrected chi connectivity index (χ1v) is 7.04. The second-order valence-electron chi connectivity index (χ2n) is 5.35. The van der Waals surface area contributed by atoms with Crippen LogP contribution in [-0.4, -0.2) is 28.7 Å². The molecule has 2 amide bonds. The lowest BCUT2D eigenvalue weighted by Crippen LogP contribution is -2.43. The quantitative estimate of drug-likeness (QED) is 0.914. The number of carbonyl (C=O) groups excluding carboxylic acids is 1. The molecular weight excluding hydrogens is 242 g/mol. The molecule has 1 fully saturated rings. The molecule has 0 saturated carbocycles. The fraction of sp³-hybridized carbons (Fsp3) is 0.714. The van der Waals surface area contributed by atoms with Gasteiger partial charge in [0.1, 0.15) is 5.76 Å². The number of urea groups is 1. The Bertz CT molecular complexity index is 436. The Hall–Kier alpha value is -1.52. The summed E-state index contributed by atoms with van der Waals surface area (Å²) >= 11 is 0. The van der Waals surface area contributed by atoms with E-state index in [2.05, 4.69) is 17.4 Å². The van der Waals surface area contributed by atoms with Gasteiger partial charge in [0.15, 0.2) is 0 Å². The summed E-state index contributed by atoms with van der Waals surface area (Å²) < 4.78 is 5.23. The van der Waals surface area contributed by atoms with Crippen molar-refractivity contribution in [3.63, 3.8) is 0 Å². The van der Waals surface area contributed by atoms with Crippen molar-refractivity contribution < 1.29 is 9.32 Å². The summed E-state index contributed by atoms with van der Waals surface area (Å²) in [4.78, 5) is 14.2. The van der Waals surface area contributed by atoms with Crippen molar-refractivity contribution in [1.82, 2.24) is 15.4 Å². The first kappa shape index (κ1) is 13.9. The number of nitrogens with one attached hydrogen (secondary N) is 1. The molecule has 2 rings (SSSR count). The van der Waals surface area contributed by atoms with E-state index in [0.29, 0.717) is 0 Å². The molecule has 106 valence electrons. The molecule has 5 heteroatoms. The van der Waals surface area contributed by atoms with E-state index in [0.717, 1.165) is 42.8 Å². The minimum Gasteiger partial charge on any atom is -0.361 e. The van der Waals surface area contributed by atoms with Crippen LogP contribution in [0.2, 0.25) is 0 Å². The average molecular weight is 265 g/mol. The summed E-state index contributed by atoms with van der Waals surface area (Å²) in [5, 5.41) is 7.04. The lowest BCUT2D eigenvalue weighted by atomic mass is 10.0. The number of aromatic nitrogens is 1. The smallest absolute Gasteiger partial charge is 0.318 e. The van der Waals surface area contributed by atoms with Crippen molar-refractivity contribution in [2.45, 2.75) is 59.0 Å². The Balaban J connectivity index is 2.15. The fourth-order valence-electron chi connectivity index (χ4n) is 2.67. The zero-order valence-corrected chi connectivity index (χ0v) is 12.2. The van der Waals surface area contributed by atoms with Crippen LogP contribution in [-0.2, 0) is 0 Å². The molecule has 19 heavy (non-hydrogen) atoms. The standard InChI is InChI=1S/C14H23N3O2/c1-5-9(2)15-14(18)17-8-6-7-12(17)13-10(3)16-19-11(13)4/h9,12H,5-8H2,1-4H3,(H,15,18)/t9-,12+/m0/s1. The molecular formula is C14H23N3O2. The normalized spacial score (nSPS) is 20.6. The molecule has 0 unspecified atom stereocenters. The second-order valence-corrected chi connectivity index (χ2v) is 5.35. The predicted molar refractivity (Wildman–Crippen MR) is 72.9 cm³/mol. The second kappa shape index (κ2) is 5.63. The van der Waals surface area contributed by atoms with Crippen LogP contribution in [0.3, 0.4) is 0 Å². The highest BCUT2D eigenvalue weighted by Crippen LogP contribution is 2.35. The van der Waals surface area contributed by atoms with Crippen LogP contribution in [0, 0.1) is 13.8 Å². The van der Waals surface area contributed by atoms with Crippen molar-refractivity contribution in [3.8, 4) is 0 Å². The van der Waals surface area contributed by atoms with E-state index in [1.165, 1.54) is 0 Å². The van der Waals surface area contributed by atoms with Gasteiger partial charge < -0.3 is 14.7 Å². The highest BCUT2D eigenvalue weighted by Gasteiger charge is 2.33. The zero-order valence-electron chi connectivity index (χ0n) is 12.2. The molecule has 1 aromatic rings. The van der Waals surface area contributed by atoms with Crippen molar-refractivity contribution in [2.24, 2.45) is 0 Å². The van der Waals surface area contributed by atoms with Gasteiger partial charge in [-0.25, -0.2) is 4.79 Å². The summed E-state index contributed by atoms with van der Waals surface area (Å²) in [5.41, 5.74) is 1.97. The van der Waals surface area contributed by atoms with Gasteiger partial charge in [-0.05, 0) is 40.0 Å². The minimum atomic E-state index is 0.0249. The van der Waals surface area contributed by atoms with Crippen molar-refractivity contribution in [3.05, 3.63) is 17.0 Å². The van der Waals surface area contributed by atoms with Gasteiger partial charge in [0.05, 0.1) is 11.7 Å². The van der Waals surface area contributed by atoms with Crippen molar-refractivity contribution in [1.29, 1.82) is 0 Å². The zero-order chi connectivity index (χ0) is 14.0. The molecule has 2 atom stereocenters. The SMILES string of the molecule is CC[C@H](C)NC(=O)N1CCC[C@@H]1c1c(C)noc1C. The first-order valence-electron chi connectivity index (χ1n) is 7.04. The van der Waals surface area contributed by atoms with Crippen molar-refractivity contribution >= 4 is 6.03 Å². The monoisotopic (exact) mass is 265 g/mol. The van der Waals surface area contributed by atoms with Gasteiger partial charge in [-0.2, -0.15) is 0 Å². The third kappa shape index (κ3) is 2.74. The molecule has 1 saturated heterocycles.